The van der Waals surface area contributed by atoms with E-state index in [1.807, 2.05) is 0 Å². The standard InChI is InChI=1S/C9H10ClF3N2O/c10-7-1-2-8(14-5-7)15(3-4-16)6-9(11,12)13/h1-2,5,16H,3-4,6H2. The van der Waals surface area contributed by atoms with E-state index in [9.17, 15) is 13.2 Å². The van der Waals surface area contributed by atoms with E-state index >= 15 is 0 Å². The molecule has 1 rings (SSSR count). The summed E-state index contributed by atoms with van der Waals surface area (Å²) in [5, 5.41) is 9.03. The van der Waals surface area contributed by atoms with Crippen molar-refractivity contribution in [2.24, 2.45) is 0 Å². The molecule has 0 aliphatic heterocycles. The molecular weight excluding hydrogens is 245 g/mol. The lowest BCUT2D eigenvalue weighted by Crippen LogP contribution is -2.36. The molecule has 0 spiro atoms. The fourth-order valence-corrected chi connectivity index (χ4v) is 1.28. The van der Waals surface area contributed by atoms with Gasteiger partial charge in [0.05, 0.1) is 11.6 Å². The van der Waals surface area contributed by atoms with Crippen LogP contribution < -0.4 is 4.90 Å². The second-order valence-corrected chi connectivity index (χ2v) is 3.53. The van der Waals surface area contributed by atoms with Crippen molar-refractivity contribution in [3.63, 3.8) is 0 Å². The molecule has 0 bridgehead atoms. The summed E-state index contributed by atoms with van der Waals surface area (Å²) in [6, 6.07) is 2.83. The number of alkyl halides is 3. The summed E-state index contributed by atoms with van der Waals surface area (Å²) in [6.45, 7) is -1.66. The summed E-state index contributed by atoms with van der Waals surface area (Å²) in [6.07, 6.45) is -3.08. The monoisotopic (exact) mass is 254 g/mol. The predicted molar refractivity (Wildman–Crippen MR) is 54.6 cm³/mol. The first-order valence-electron chi connectivity index (χ1n) is 4.46. The molecule has 1 aromatic rings. The van der Waals surface area contributed by atoms with Crippen molar-refractivity contribution in [2.45, 2.75) is 6.18 Å². The summed E-state index contributed by atoms with van der Waals surface area (Å²) in [5.41, 5.74) is 0. The van der Waals surface area contributed by atoms with Crippen LogP contribution in [0.5, 0.6) is 0 Å². The molecule has 0 fully saturated rings. The van der Waals surface area contributed by atoms with Crippen molar-refractivity contribution in [3.05, 3.63) is 23.4 Å². The minimum Gasteiger partial charge on any atom is -0.395 e. The van der Waals surface area contributed by atoms with E-state index in [0.717, 1.165) is 4.90 Å². The number of aromatic nitrogens is 1. The first kappa shape index (κ1) is 13.1. The Morgan fingerprint density at radius 1 is 1.38 bits per heavy atom. The van der Waals surface area contributed by atoms with Crippen LogP contribution in [-0.2, 0) is 0 Å². The third-order valence-corrected chi connectivity index (χ3v) is 2.00. The topological polar surface area (TPSA) is 36.4 Å². The van der Waals surface area contributed by atoms with Crippen LogP contribution in [0.25, 0.3) is 0 Å². The average Bonchev–Trinajstić information content (AvgIpc) is 2.16. The molecular formula is C9H10ClF3N2O. The fourth-order valence-electron chi connectivity index (χ4n) is 1.17. The van der Waals surface area contributed by atoms with Crippen LogP contribution >= 0.6 is 11.6 Å². The SMILES string of the molecule is OCCN(CC(F)(F)F)c1ccc(Cl)cn1. The molecule has 1 aromatic heterocycles. The van der Waals surface area contributed by atoms with E-state index in [1.54, 1.807) is 0 Å². The van der Waals surface area contributed by atoms with Crippen LogP contribution in [0.1, 0.15) is 0 Å². The van der Waals surface area contributed by atoms with Gasteiger partial charge in [-0.05, 0) is 12.1 Å². The maximum atomic E-state index is 12.2. The number of aliphatic hydroxyl groups is 1. The van der Waals surface area contributed by atoms with Gasteiger partial charge in [-0.15, -0.1) is 0 Å². The van der Waals surface area contributed by atoms with Crippen LogP contribution in [-0.4, -0.2) is 36.0 Å². The zero-order valence-corrected chi connectivity index (χ0v) is 8.96. The largest absolute Gasteiger partial charge is 0.405 e. The van der Waals surface area contributed by atoms with Gasteiger partial charge in [0.2, 0.25) is 0 Å². The van der Waals surface area contributed by atoms with Gasteiger partial charge < -0.3 is 10.0 Å². The van der Waals surface area contributed by atoms with Gasteiger partial charge in [-0.25, -0.2) is 4.98 Å². The maximum Gasteiger partial charge on any atom is 0.405 e. The number of anilines is 1. The summed E-state index contributed by atoms with van der Waals surface area (Å²) >= 11 is 5.57. The molecule has 0 saturated heterocycles. The maximum absolute atomic E-state index is 12.2. The fraction of sp³-hybridized carbons (Fsp3) is 0.444. The molecule has 0 aliphatic carbocycles. The van der Waals surface area contributed by atoms with E-state index in [2.05, 4.69) is 4.98 Å². The highest BCUT2D eigenvalue weighted by Crippen LogP contribution is 2.21. The van der Waals surface area contributed by atoms with Gasteiger partial charge in [-0.3, -0.25) is 0 Å². The van der Waals surface area contributed by atoms with Crippen LogP contribution in [0.4, 0.5) is 19.0 Å². The van der Waals surface area contributed by atoms with Gasteiger partial charge in [0.1, 0.15) is 12.4 Å². The molecule has 0 saturated carbocycles. The molecule has 0 atom stereocenters. The zero-order valence-electron chi connectivity index (χ0n) is 8.21. The number of rotatable bonds is 4. The highest BCUT2D eigenvalue weighted by atomic mass is 35.5. The third-order valence-electron chi connectivity index (χ3n) is 1.78. The molecule has 3 nitrogen and oxygen atoms in total. The number of halogens is 4. The Hall–Kier alpha value is -1.01. The summed E-state index contributed by atoms with van der Waals surface area (Å²) < 4.78 is 36.7. The Labute approximate surface area is 95.5 Å². The first-order chi connectivity index (χ1) is 7.42. The van der Waals surface area contributed by atoms with Gasteiger partial charge in [-0.2, -0.15) is 13.2 Å². The molecule has 0 amide bonds. The summed E-state index contributed by atoms with van der Waals surface area (Å²) in [5.74, 6) is 0.135. The normalized spacial score (nSPS) is 11.6. The highest BCUT2D eigenvalue weighted by molar-refractivity contribution is 6.30. The zero-order chi connectivity index (χ0) is 12.2. The molecule has 90 valence electrons. The smallest absolute Gasteiger partial charge is 0.395 e. The Morgan fingerprint density at radius 2 is 2.06 bits per heavy atom. The van der Waals surface area contributed by atoms with Gasteiger partial charge >= 0.3 is 6.18 Å². The van der Waals surface area contributed by atoms with Crippen LogP contribution in [0.15, 0.2) is 18.3 Å². The minimum absolute atomic E-state index is 0.131. The molecule has 1 heterocycles. The van der Waals surface area contributed by atoms with E-state index < -0.39 is 12.7 Å². The van der Waals surface area contributed by atoms with E-state index in [0.29, 0.717) is 5.02 Å². The van der Waals surface area contributed by atoms with Gasteiger partial charge in [0.25, 0.3) is 0 Å². The molecule has 0 aliphatic rings. The van der Waals surface area contributed by atoms with Crippen molar-refractivity contribution in [2.75, 3.05) is 24.6 Å². The van der Waals surface area contributed by atoms with Gasteiger partial charge in [-0.1, -0.05) is 11.6 Å². The summed E-state index contributed by atoms with van der Waals surface area (Å²) in [4.78, 5) is 4.71. The molecule has 16 heavy (non-hydrogen) atoms. The van der Waals surface area contributed by atoms with E-state index in [-0.39, 0.29) is 19.0 Å². The van der Waals surface area contributed by atoms with Crippen molar-refractivity contribution in [3.8, 4) is 0 Å². The average molecular weight is 255 g/mol. The molecule has 0 unspecified atom stereocenters. The Kier molecular flexibility index (Phi) is 4.37. The summed E-state index contributed by atoms with van der Waals surface area (Å²) in [7, 11) is 0. The quantitative estimate of drug-likeness (QED) is 0.894. The van der Waals surface area contributed by atoms with Crippen molar-refractivity contribution in [1.82, 2.24) is 4.98 Å². The molecule has 1 N–H and O–H groups in total. The van der Waals surface area contributed by atoms with Crippen LogP contribution in [0, 0.1) is 0 Å². The Bertz CT molecular complexity index is 329. The lowest BCUT2D eigenvalue weighted by atomic mass is 10.4. The second kappa shape index (κ2) is 5.36. The highest BCUT2D eigenvalue weighted by Gasteiger charge is 2.31. The molecule has 0 radical (unpaired) electrons. The Morgan fingerprint density at radius 3 is 2.50 bits per heavy atom. The van der Waals surface area contributed by atoms with Crippen LogP contribution in [0.2, 0.25) is 5.02 Å². The predicted octanol–water partition coefficient (Wildman–Crippen LogP) is 2.10. The van der Waals surface area contributed by atoms with Crippen LogP contribution in [0.3, 0.4) is 0 Å². The number of hydrogen-bond acceptors (Lipinski definition) is 3. The number of aliphatic hydroxyl groups excluding tert-OH is 1. The molecule has 0 aromatic carbocycles. The van der Waals surface area contributed by atoms with E-state index in [1.165, 1.54) is 18.3 Å². The second-order valence-electron chi connectivity index (χ2n) is 3.09. The number of pyridine rings is 1. The van der Waals surface area contributed by atoms with Crippen molar-refractivity contribution >= 4 is 17.4 Å². The minimum atomic E-state index is -4.34. The Balaban J connectivity index is 2.80. The van der Waals surface area contributed by atoms with Gasteiger partial charge in [0, 0.05) is 12.7 Å². The third kappa shape index (κ3) is 4.24. The number of nitrogens with zero attached hydrogens (tertiary/aromatic N) is 2. The number of hydrogen-bond donors (Lipinski definition) is 1. The van der Waals surface area contributed by atoms with Crippen molar-refractivity contribution in [1.29, 1.82) is 0 Å². The van der Waals surface area contributed by atoms with Gasteiger partial charge in [0.15, 0.2) is 0 Å². The lowest BCUT2D eigenvalue weighted by Gasteiger charge is -2.23. The lowest BCUT2D eigenvalue weighted by molar-refractivity contribution is -0.119. The molecule has 7 heteroatoms. The first-order valence-corrected chi connectivity index (χ1v) is 4.84. The van der Waals surface area contributed by atoms with Crippen molar-refractivity contribution < 1.29 is 18.3 Å². The van der Waals surface area contributed by atoms with E-state index in [4.69, 9.17) is 16.7 Å².